The summed E-state index contributed by atoms with van der Waals surface area (Å²) in [4.78, 5) is 26.1. The Balaban J connectivity index is 2.13. The van der Waals surface area contributed by atoms with Gasteiger partial charge < -0.3 is 5.32 Å². The van der Waals surface area contributed by atoms with Crippen LogP contribution in [-0.4, -0.2) is 15.8 Å². The number of non-ortho nitro benzene ring substituents is 1. The summed E-state index contributed by atoms with van der Waals surface area (Å²) in [6.45, 7) is 1.92. The summed E-state index contributed by atoms with van der Waals surface area (Å²) in [5.41, 5.74) is 0.713. The Hall–Kier alpha value is -2.83. The first-order valence-electron chi connectivity index (χ1n) is 6.12. The van der Waals surface area contributed by atoms with E-state index >= 15 is 0 Å². The Kier molecular flexibility index (Phi) is 4.22. The van der Waals surface area contributed by atoms with E-state index in [-0.39, 0.29) is 17.8 Å². The molecule has 0 bridgehead atoms. The standard InChI is InChI=1S/C14H12FN3O3/c1-9-3-2-4-10(17-9)8-16-14(19)12-7-11(18(20)21)5-6-13(12)15/h2-7H,8H2,1H3,(H,16,19). The number of amides is 1. The minimum Gasteiger partial charge on any atom is -0.346 e. The summed E-state index contributed by atoms with van der Waals surface area (Å²) in [5, 5.41) is 13.1. The number of nitro groups is 1. The van der Waals surface area contributed by atoms with E-state index in [9.17, 15) is 19.3 Å². The highest BCUT2D eigenvalue weighted by Crippen LogP contribution is 2.16. The zero-order chi connectivity index (χ0) is 15.4. The number of nitrogens with zero attached hydrogens (tertiary/aromatic N) is 2. The van der Waals surface area contributed by atoms with E-state index < -0.39 is 16.6 Å². The van der Waals surface area contributed by atoms with Gasteiger partial charge in [0, 0.05) is 17.8 Å². The van der Waals surface area contributed by atoms with Gasteiger partial charge in [-0.25, -0.2) is 4.39 Å². The molecule has 1 amide bonds. The minimum atomic E-state index is -0.810. The molecule has 1 aromatic carbocycles. The van der Waals surface area contributed by atoms with E-state index in [2.05, 4.69) is 10.3 Å². The van der Waals surface area contributed by atoms with Crippen molar-refractivity contribution in [1.82, 2.24) is 10.3 Å². The lowest BCUT2D eigenvalue weighted by Gasteiger charge is -2.06. The maximum absolute atomic E-state index is 13.6. The maximum atomic E-state index is 13.6. The molecule has 2 aromatic rings. The summed E-state index contributed by atoms with van der Waals surface area (Å²) in [6.07, 6.45) is 0. The van der Waals surface area contributed by atoms with Crippen LogP contribution in [0.2, 0.25) is 0 Å². The number of nitrogens with one attached hydrogen (secondary N) is 1. The third kappa shape index (κ3) is 3.59. The van der Waals surface area contributed by atoms with Crippen molar-refractivity contribution < 1.29 is 14.1 Å². The van der Waals surface area contributed by atoms with Crippen LogP contribution in [0.5, 0.6) is 0 Å². The molecule has 0 saturated heterocycles. The number of hydrogen-bond acceptors (Lipinski definition) is 4. The number of carbonyl (C=O) groups excluding carboxylic acids is 1. The fraction of sp³-hybridized carbons (Fsp3) is 0.143. The van der Waals surface area contributed by atoms with Gasteiger partial charge in [-0.05, 0) is 25.1 Å². The first-order chi connectivity index (χ1) is 9.97. The first-order valence-corrected chi connectivity index (χ1v) is 6.12. The molecule has 0 unspecified atom stereocenters. The second kappa shape index (κ2) is 6.08. The summed E-state index contributed by atoms with van der Waals surface area (Å²) < 4.78 is 13.6. The van der Waals surface area contributed by atoms with Gasteiger partial charge in [0.2, 0.25) is 0 Å². The quantitative estimate of drug-likeness (QED) is 0.691. The SMILES string of the molecule is Cc1cccc(CNC(=O)c2cc([N+](=O)[O-])ccc2F)n1. The van der Waals surface area contributed by atoms with Crippen molar-refractivity contribution in [2.24, 2.45) is 0 Å². The zero-order valence-electron chi connectivity index (χ0n) is 11.2. The van der Waals surface area contributed by atoms with Crippen molar-refractivity contribution in [3.05, 3.63) is 69.3 Å². The van der Waals surface area contributed by atoms with Crippen molar-refractivity contribution in [2.75, 3.05) is 0 Å². The van der Waals surface area contributed by atoms with Crippen molar-refractivity contribution in [1.29, 1.82) is 0 Å². The number of aryl methyl sites for hydroxylation is 1. The number of carbonyl (C=O) groups is 1. The zero-order valence-corrected chi connectivity index (χ0v) is 11.2. The second-order valence-corrected chi connectivity index (χ2v) is 4.37. The fourth-order valence-electron chi connectivity index (χ4n) is 1.76. The van der Waals surface area contributed by atoms with Gasteiger partial charge >= 0.3 is 0 Å². The molecule has 0 aliphatic rings. The Bertz CT molecular complexity index is 704. The lowest BCUT2D eigenvalue weighted by atomic mass is 10.1. The number of halogens is 1. The van der Waals surface area contributed by atoms with Gasteiger partial charge in [0.25, 0.3) is 11.6 Å². The molecule has 1 heterocycles. The molecule has 0 fully saturated rings. The highest BCUT2D eigenvalue weighted by molar-refractivity contribution is 5.95. The third-order valence-corrected chi connectivity index (χ3v) is 2.78. The van der Waals surface area contributed by atoms with Crippen molar-refractivity contribution in [3.63, 3.8) is 0 Å². The topological polar surface area (TPSA) is 85.1 Å². The number of benzene rings is 1. The molecule has 0 saturated carbocycles. The van der Waals surface area contributed by atoms with Gasteiger partial charge in [-0.15, -0.1) is 0 Å². The maximum Gasteiger partial charge on any atom is 0.270 e. The summed E-state index contributed by atoms with van der Waals surface area (Å²) in [5.74, 6) is -1.53. The monoisotopic (exact) mass is 289 g/mol. The average molecular weight is 289 g/mol. The van der Waals surface area contributed by atoms with Gasteiger partial charge in [-0.1, -0.05) is 6.07 Å². The molecular formula is C14H12FN3O3. The molecule has 108 valence electrons. The van der Waals surface area contributed by atoms with Crippen molar-refractivity contribution >= 4 is 11.6 Å². The van der Waals surface area contributed by atoms with E-state index in [1.54, 1.807) is 12.1 Å². The van der Waals surface area contributed by atoms with E-state index in [4.69, 9.17) is 0 Å². The third-order valence-electron chi connectivity index (χ3n) is 2.78. The summed E-state index contributed by atoms with van der Waals surface area (Å²) in [7, 11) is 0. The number of pyridine rings is 1. The van der Waals surface area contributed by atoms with E-state index in [1.165, 1.54) is 0 Å². The molecule has 0 atom stereocenters. The van der Waals surface area contributed by atoms with Crippen LogP contribution in [0.4, 0.5) is 10.1 Å². The molecular weight excluding hydrogens is 277 g/mol. The molecule has 0 radical (unpaired) electrons. The van der Waals surface area contributed by atoms with Crippen LogP contribution in [0.3, 0.4) is 0 Å². The minimum absolute atomic E-state index is 0.114. The summed E-state index contributed by atoms with van der Waals surface area (Å²) >= 11 is 0. The van der Waals surface area contributed by atoms with Gasteiger partial charge in [0.15, 0.2) is 0 Å². The molecule has 2 rings (SSSR count). The largest absolute Gasteiger partial charge is 0.346 e. The van der Waals surface area contributed by atoms with Crippen LogP contribution >= 0.6 is 0 Å². The first kappa shape index (κ1) is 14.6. The summed E-state index contributed by atoms with van der Waals surface area (Å²) in [6, 6.07) is 8.14. The number of aromatic nitrogens is 1. The van der Waals surface area contributed by atoms with Crippen LogP contribution < -0.4 is 5.32 Å². The molecule has 0 aliphatic carbocycles. The molecule has 7 heteroatoms. The van der Waals surface area contributed by atoms with Crippen LogP contribution in [0, 0.1) is 22.9 Å². The molecule has 6 nitrogen and oxygen atoms in total. The van der Waals surface area contributed by atoms with Crippen molar-refractivity contribution in [3.8, 4) is 0 Å². The Morgan fingerprint density at radius 3 is 2.81 bits per heavy atom. The highest BCUT2D eigenvalue weighted by Gasteiger charge is 2.16. The number of rotatable bonds is 4. The van der Waals surface area contributed by atoms with Crippen LogP contribution in [0.25, 0.3) is 0 Å². The fourth-order valence-corrected chi connectivity index (χ4v) is 1.76. The van der Waals surface area contributed by atoms with Crippen LogP contribution in [-0.2, 0) is 6.54 Å². The van der Waals surface area contributed by atoms with E-state index in [1.807, 2.05) is 13.0 Å². The van der Waals surface area contributed by atoms with Gasteiger partial charge in [0.1, 0.15) is 5.82 Å². The highest BCUT2D eigenvalue weighted by atomic mass is 19.1. The molecule has 1 N–H and O–H groups in total. The van der Waals surface area contributed by atoms with Crippen LogP contribution in [0.1, 0.15) is 21.7 Å². The predicted molar refractivity (Wildman–Crippen MR) is 73.2 cm³/mol. The lowest BCUT2D eigenvalue weighted by Crippen LogP contribution is -2.24. The molecule has 0 spiro atoms. The average Bonchev–Trinajstić information content (AvgIpc) is 2.45. The Morgan fingerprint density at radius 1 is 1.38 bits per heavy atom. The van der Waals surface area contributed by atoms with Gasteiger partial charge in [-0.3, -0.25) is 19.9 Å². The van der Waals surface area contributed by atoms with E-state index in [0.717, 1.165) is 23.9 Å². The molecule has 1 aromatic heterocycles. The van der Waals surface area contributed by atoms with Crippen molar-refractivity contribution in [2.45, 2.75) is 13.5 Å². The normalized spacial score (nSPS) is 10.2. The predicted octanol–water partition coefficient (Wildman–Crippen LogP) is 2.37. The molecule has 21 heavy (non-hydrogen) atoms. The second-order valence-electron chi connectivity index (χ2n) is 4.37. The Labute approximate surface area is 119 Å². The van der Waals surface area contributed by atoms with E-state index in [0.29, 0.717) is 5.69 Å². The van der Waals surface area contributed by atoms with Gasteiger partial charge in [-0.2, -0.15) is 0 Å². The molecule has 0 aliphatic heterocycles. The Morgan fingerprint density at radius 2 is 2.14 bits per heavy atom. The van der Waals surface area contributed by atoms with Gasteiger partial charge in [0.05, 0.1) is 22.7 Å². The number of hydrogen-bond donors (Lipinski definition) is 1. The lowest BCUT2D eigenvalue weighted by molar-refractivity contribution is -0.384. The van der Waals surface area contributed by atoms with Crippen LogP contribution in [0.15, 0.2) is 36.4 Å². The number of nitro benzene ring substituents is 1. The smallest absolute Gasteiger partial charge is 0.270 e.